The fraction of sp³-hybridized carbons (Fsp3) is 0.286. The first-order chi connectivity index (χ1) is 9.92. The Bertz CT molecular complexity index is 728. The van der Waals surface area contributed by atoms with Crippen LogP contribution in [-0.2, 0) is 0 Å². The number of hydrogen-bond acceptors (Lipinski definition) is 4. The molecule has 7 nitrogen and oxygen atoms in total. The Morgan fingerprint density at radius 3 is 2.24 bits per heavy atom. The molecular formula is C14H16N4O3. The van der Waals surface area contributed by atoms with Crippen molar-refractivity contribution in [2.75, 3.05) is 11.9 Å². The molecule has 1 aromatic carbocycles. The van der Waals surface area contributed by atoms with Gasteiger partial charge in [-0.1, -0.05) is 0 Å². The molecule has 0 fully saturated rings. The molecule has 0 saturated heterocycles. The summed E-state index contributed by atoms with van der Waals surface area (Å²) in [5.41, 5.74) is 2.75. The zero-order valence-electron chi connectivity index (χ0n) is 12.0. The molecule has 2 amide bonds. The average Bonchev–Trinajstić information content (AvgIpc) is 2.40. The van der Waals surface area contributed by atoms with Gasteiger partial charge in [-0.25, -0.2) is 19.6 Å². The van der Waals surface area contributed by atoms with E-state index < -0.39 is 12.0 Å². The highest BCUT2D eigenvalue weighted by Gasteiger charge is 2.17. The van der Waals surface area contributed by atoms with Crippen molar-refractivity contribution < 1.29 is 14.7 Å². The van der Waals surface area contributed by atoms with Crippen LogP contribution in [-0.4, -0.2) is 33.6 Å². The van der Waals surface area contributed by atoms with Gasteiger partial charge in [0, 0.05) is 6.54 Å². The second-order valence-corrected chi connectivity index (χ2v) is 4.64. The Morgan fingerprint density at radius 1 is 1.14 bits per heavy atom. The number of urea groups is 1. The van der Waals surface area contributed by atoms with Crippen LogP contribution < -0.4 is 10.6 Å². The van der Waals surface area contributed by atoms with E-state index in [1.54, 1.807) is 13.0 Å². The summed E-state index contributed by atoms with van der Waals surface area (Å²) in [6, 6.07) is 3.07. The minimum atomic E-state index is -1.24. The van der Waals surface area contributed by atoms with E-state index in [1.165, 1.54) is 0 Å². The van der Waals surface area contributed by atoms with Crippen LogP contribution in [0.1, 0.15) is 28.5 Å². The molecule has 21 heavy (non-hydrogen) atoms. The van der Waals surface area contributed by atoms with Gasteiger partial charge in [0.05, 0.1) is 11.0 Å². The van der Waals surface area contributed by atoms with Crippen molar-refractivity contribution in [3.63, 3.8) is 0 Å². The maximum Gasteiger partial charge on any atom is 0.358 e. The standard InChI is InChI=1S/C14H16N4O3/c1-4-15-14(21)18-12-11(13(19)20)16-9-5-7(2)8(3)6-10(9)17-12/h5-6H,4H2,1-3H3,(H,19,20)(H2,15,17,18,21). The Labute approximate surface area is 121 Å². The smallest absolute Gasteiger partial charge is 0.358 e. The number of nitrogens with one attached hydrogen (secondary N) is 2. The lowest BCUT2D eigenvalue weighted by atomic mass is 10.1. The summed E-state index contributed by atoms with van der Waals surface area (Å²) in [7, 11) is 0. The number of hydrogen-bond donors (Lipinski definition) is 3. The molecule has 0 spiro atoms. The predicted octanol–water partition coefficient (Wildman–Crippen LogP) is 2.09. The van der Waals surface area contributed by atoms with Crippen molar-refractivity contribution in [2.24, 2.45) is 0 Å². The first kappa shape index (κ1) is 14.7. The van der Waals surface area contributed by atoms with Crippen molar-refractivity contribution in [1.29, 1.82) is 0 Å². The molecule has 1 heterocycles. The van der Waals surface area contributed by atoms with Gasteiger partial charge in [0.25, 0.3) is 0 Å². The molecule has 0 bridgehead atoms. The van der Waals surface area contributed by atoms with Crippen molar-refractivity contribution in [1.82, 2.24) is 15.3 Å². The largest absolute Gasteiger partial charge is 0.476 e. The van der Waals surface area contributed by atoms with Crippen molar-refractivity contribution in [2.45, 2.75) is 20.8 Å². The lowest BCUT2D eigenvalue weighted by Gasteiger charge is -2.10. The van der Waals surface area contributed by atoms with E-state index in [-0.39, 0.29) is 11.5 Å². The van der Waals surface area contributed by atoms with Crippen LogP contribution in [0.2, 0.25) is 0 Å². The van der Waals surface area contributed by atoms with Gasteiger partial charge in [0.15, 0.2) is 11.5 Å². The molecule has 3 N–H and O–H groups in total. The molecule has 2 rings (SSSR count). The van der Waals surface area contributed by atoms with E-state index in [1.807, 2.05) is 19.9 Å². The number of anilines is 1. The second kappa shape index (κ2) is 5.74. The maximum absolute atomic E-state index is 11.6. The van der Waals surface area contributed by atoms with E-state index in [2.05, 4.69) is 20.6 Å². The Hall–Kier alpha value is -2.70. The minimum absolute atomic E-state index is 0.0656. The van der Waals surface area contributed by atoms with Gasteiger partial charge in [-0.3, -0.25) is 5.32 Å². The quantitative estimate of drug-likeness (QED) is 0.802. The summed E-state index contributed by atoms with van der Waals surface area (Å²) in [4.78, 5) is 31.1. The number of fused-ring (bicyclic) bond motifs is 1. The zero-order valence-corrected chi connectivity index (χ0v) is 12.0. The molecule has 0 radical (unpaired) electrons. The van der Waals surface area contributed by atoms with Gasteiger partial charge in [-0.15, -0.1) is 0 Å². The molecule has 2 aromatic rings. The third-order valence-electron chi connectivity index (χ3n) is 3.05. The highest BCUT2D eigenvalue weighted by molar-refractivity contribution is 5.99. The van der Waals surface area contributed by atoms with Gasteiger partial charge in [-0.05, 0) is 44.0 Å². The predicted molar refractivity (Wildman–Crippen MR) is 78.7 cm³/mol. The normalized spacial score (nSPS) is 10.4. The molecule has 0 saturated carbocycles. The Balaban J connectivity index is 2.56. The van der Waals surface area contributed by atoms with Gasteiger partial charge in [-0.2, -0.15) is 0 Å². The highest BCUT2D eigenvalue weighted by Crippen LogP contribution is 2.20. The Morgan fingerprint density at radius 2 is 1.71 bits per heavy atom. The molecule has 110 valence electrons. The van der Waals surface area contributed by atoms with Gasteiger partial charge in [0.1, 0.15) is 0 Å². The SMILES string of the molecule is CCNC(=O)Nc1nc2cc(C)c(C)cc2nc1C(=O)O. The van der Waals surface area contributed by atoms with Crippen LogP contribution in [0.3, 0.4) is 0 Å². The van der Waals surface area contributed by atoms with Crippen LogP contribution >= 0.6 is 0 Å². The van der Waals surface area contributed by atoms with E-state index in [0.717, 1.165) is 11.1 Å². The number of aromatic nitrogens is 2. The summed E-state index contributed by atoms with van der Waals surface area (Å²) in [6.07, 6.45) is 0. The second-order valence-electron chi connectivity index (χ2n) is 4.64. The van der Waals surface area contributed by atoms with E-state index in [9.17, 15) is 14.7 Å². The van der Waals surface area contributed by atoms with Gasteiger partial charge in [0.2, 0.25) is 0 Å². The van der Waals surface area contributed by atoms with Crippen LogP contribution in [0.4, 0.5) is 10.6 Å². The first-order valence-corrected chi connectivity index (χ1v) is 6.49. The number of aryl methyl sites for hydroxylation is 2. The number of carbonyl (C=O) groups excluding carboxylic acids is 1. The van der Waals surface area contributed by atoms with E-state index in [0.29, 0.717) is 17.6 Å². The third-order valence-corrected chi connectivity index (χ3v) is 3.05. The molecule has 0 aliphatic carbocycles. The summed E-state index contributed by atoms with van der Waals surface area (Å²) in [5.74, 6) is -1.31. The number of carbonyl (C=O) groups is 2. The molecule has 0 aliphatic rings. The number of carboxylic acids is 1. The van der Waals surface area contributed by atoms with Gasteiger partial charge < -0.3 is 10.4 Å². The van der Waals surface area contributed by atoms with Crippen molar-refractivity contribution >= 4 is 28.9 Å². The first-order valence-electron chi connectivity index (χ1n) is 6.49. The lowest BCUT2D eigenvalue weighted by molar-refractivity contribution is 0.0692. The van der Waals surface area contributed by atoms with Crippen LogP contribution in [0, 0.1) is 13.8 Å². The Kier molecular flexibility index (Phi) is 4.02. The summed E-state index contributed by atoms with van der Waals surface area (Å²) in [6.45, 7) is 6.03. The summed E-state index contributed by atoms with van der Waals surface area (Å²) in [5, 5.41) is 14.2. The fourth-order valence-electron chi connectivity index (χ4n) is 1.86. The molecule has 0 atom stereocenters. The van der Waals surface area contributed by atoms with Crippen LogP contribution in [0.25, 0.3) is 11.0 Å². The number of rotatable bonds is 3. The zero-order chi connectivity index (χ0) is 15.6. The fourth-order valence-corrected chi connectivity index (χ4v) is 1.86. The molecule has 0 unspecified atom stereocenters. The molecule has 7 heteroatoms. The summed E-state index contributed by atoms with van der Waals surface area (Å²) < 4.78 is 0. The molecule has 0 aliphatic heterocycles. The van der Waals surface area contributed by atoms with E-state index >= 15 is 0 Å². The highest BCUT2D eigenvalue weighted by atomic mass is 16.4. The van der Waals surface area contributed by atoms with Crippen LogP contribution in [0.15, 0.2) is 12.1 Å². The van der Waals surface area contributed by atoms with E-state index in [4.69, 9.17) is 0 Å². The lowest BCUT2D eigenvalue weighted by Crippen LogP contribution is -2.29. The molecular weight excluding hydrogens is 272 g/mol. The number of carboxylic acid groups (broad SMARTS) is 1. The average molecular weight is 288 g/mol. The number of nitrogens with zero attached hydrogens (tertiary/aromatic N) is 2. The number of amides is 2. The topological polar surface area (TPSA) is 104 Å². The van der Waals surface area contributed by atoms with Gasteiger partial charge >= 0.3 is 12.0 Å². The van der Waals surface area contributed by atoms with Crippen LogP contribution in [0.5, 0.6) is 0 Å². The minimum Gasteiger partial charge on any atom is -0.476 e. The number of benzene rings is 1. The molecule has 1 aromatic heterocycles. The third kappa shape index (κ3) is 3.07. The number of aromatic carboxylic acids is 1. The summed E-state index contributed by atoms with van der Waals surface area (Å²) >= 11 is 0. The maximum atomic E-state index is 11.6. The monoisotopic (exact) mass is 288 g/mol. The van der Waals surface area contributed by atoms with Crippen molar-refractivity contribution in [3.8, 4) is 0 Å². The van der Waals surface area contributed by atoms with Crippen molar-refractivity contribution in [3.05, 3.63) is 29.0 Å².